The van der Waals surface area contributed by atoms with Gasteiger partial charge in [0.1, 0.15) is 6.54 Å². The van der Waals surface area contributed by atoms with Crippen LogP contribution in [-0.4, -0.2) is 58.9 Å². The van der Waals surface area contributed by atoms with Crippen LogP contribution in [0.25, 0.3) is 16.9 Å². The molecule has 41 heavy (non-hydrogen) atoms. The maximum absolute atomic E-state index is 13.6. The second-order valence-corrected chi connectivity index (χ2v) is 10.5. The van der Waals surface area contributed by atoms with Crippen molar-refractivity contribution >= 4 is 17.8 Å². The van der Waals surface area contributed by atoms with Gasteiger partial charge in [0.25, 0.3) is 5.91 Å². The normalized spacial score (nSPS) is 15.6. The zero-order chi connectivity index (χ0) is 28.3. The van der Waals surface area contributed by atoms with Crippen molar-refractivity contribution < 1.29 is 23.8 Å². The van der Waals surface area contributed by atoms with Gasteiger partial charge in [-0.05, 0) is 57.0 Å². The fourth-order valence-electron chi connectivity index (χ4n) is 5.04. The quantitative estimate of drug-likeness (QED) is 0.325. The summed E-state index contributed by atoms with van der Waals surface area (Å²) in [6, 6.07) is 21.1. The van der Waals surface area contributed by atoms with Crippen LogP contribution in [-0.2, 0) is 9.53 Å². The lowest BCUT2D eigenvalue weighted by molar-refractivity contribution is -0.117. The second-order valence-electron chi connectivity index (χ2n) is 10.5. The average molecular weight is 553 g/mol. The van der Waals surface area contributed by atoms with Gasteiger partial charge in [-0.25, -0.2) is 4.98 Å². The van der Waals surface area contributed by atoms with Crippen molar-refractivity contribution in [3.63, 3.8) is 0 Å². The van der Waals surface area contributed by atoms with Gasteiger partial charge in [0.2, 0.25) is 18.6 Å². The van der Waals surface area contributed by atoms with E-state index in [-0.39, 0.29) is 31.3 Å². The molecule has 9 nitrogen and oxygen atoms in total. The molecule has 0 radical (unpaired) electrons. The molecule has 0 bridgehead atoms. The molecule has 2 amide bonds. The van der Waals surface area contributed by atoms with Crippen LogP contribution in [0.1, 0.15) is 34.3 Å². The number of aryl methyl sites for hydroxylation is 2. The first-order valence-corrected chi connectivity index (χ1v) is 13.8. The molecule has 0 aliphatic carbocycles. The molecule has 1 atom stereocenters. The molecule has 210 valence electrons. The van der Waals surface area contributed by atoms with Crippen LogP contribution in [0.15, 0.2) is 72.9 Å². The minimum Gasteiger partial charge on any atom is -0.454 e. The predicted molar refractivity (Wildman–Crippen MR) is 155 cm³/mol. The smallest absolute Gasteiger partial charge is 0.254 e. The largest absolute Gasteiger partial charge is 0.454 e. The number of imidazole rings is 1. The molecule has 9 heteroatoms. The first kappa shape index (κ1) is 26.6. The average Bonchev–Trinajstić information content (AvgIpc) is 3.74. The number of ether oxygens (including phenoxy) is 3. The Balaban J connectivity index is 1.26. The van der Waals surface area contributed by atoms with Crippen molar-refractivity contribution in [2.24, 2.45) is 0 Å². The van der Waals surface area contributed by atoms with Crippen molar-refractivity contribution in [1.82, 2.24) is 14.5 Å². The van der Waals surface area contributed by atoms with E-state index in [0.717, 1.165) is 40.9 Å². The van der Waals surface area contributed by atoms with E-state index in [2.05, 4.69) is 5.32 Å². The van der Waals surface area contributed by atoms with E-state index in [4.69, 9.17) is 19.2 Å². The van der Waals surface area contributed by atoms with Gasteiger partial charge in [0, 0.05) is 36.2 Å². The standard InChI is InChI=1S/C32H32N4O5/c1-21-5-9-23(10-6-21)27-18-36(25-12-7-22(2)8-13-25)32(33-27)34-30(37)19-35(17-26-4-3-15-39-26)31(38)24-11-14-28-29(16-24)41-20-40-28/h5-14,16,18,26H,3-4,15,17,19-20H2,1-2H3,(H,33,34,37)/t26-/m1/s1. The van der Waals surface area contributed by atoms with Crippen LogP contribution in [0.3, 0.4) is 0 Å². The maximum atomic E-state index is 13.6. The van der Waals surface area contributed by atoms with Crippen molar-refractivity contribution in [2.75, 3.05) is 31.8 Å². The molecule has 1 N–H and O–H groups in total. The van der Waals surface area contributed by atoms with Crippen LogP contribution in [0.5, 0.6) is 11.5 Å². The number of carbonyl (C=O) groups excluding carboxylic acids is 2. The summed E-state index contributed by atoms with van der Waals surface area (Å²) in [5, 5.41) is 2.96. The van der Waals surface area contributed by atoms with E-state index in [0.29, 0.717) is 36.2 Å². The highest BCUT2D eigenvalue weighted by Gasteiger charge is 2.27. The topological polar surface area (TPSA) is 94.9 Å². The van der Waals surface area contributed by atoms with E-state index in [1.807, 2.05) is 73.1 Å². The van der Waals surface area contributed by atoms with Crippen LogP contribution in [0.2, 0.25) is 0 Å². The van der Waals surface area contributed by atoms with Crippen molar-refractivity contribution in [3.05, 3.63) is 89.6 Å². The van der Waals surface area contributed by atoms with Gasteiger partial charge < -0.3 is 19.1 Å². The SMILES string of the molecule is Cc1ccc(-c2cn(-c3ccc(C)cc3)c(NC(=O)CN(C[C@H]3CCCO3)C(=O)c3ccc4c(c3)OCO4)n2)cc1. The summed E-state index contributed by atoms with van der Waals surface area (Å²) in [5.74, 6) is 0.850. The third-order valence-corrected chi connectivity index (χ3v) is 7.31. The number of rotatable bonds is 8. The van der Waals surface area contributed by atoms with Gasteiger partial charge in [-0.3, -0.25) is 19.5 Å². The summed E-state index contributed by atoms with van der Waals surface area (Å²) in [5.41, 5.74) is 5.24. The van der Waals surface area contributed by atoms with Gasteiger partial charge in [-0.15, -0.1) is 0 Å². The molecule has 2 aliphatic heterocycles. The van der Waals surface area contributed by atoms with Crippen LogP contribution in [0.4, 0.5) is 5.95 Å². The monoisotopic (exact) mass is 552 g/mol. The van der Waals surface area contributed by atoms with E-state index < -0.39 is 0 Å². The molecule has 0 spiro atoms. The Kier molecular flexibility index (Phi) is 7.43. The highest BCUT2D eigenvalue weighted by Crippen LogP contribution is 2.33. The summed E-state index contributed by atoms with van der Waals surface area (Å²) in [4.78, 5) is 33.4. The fraction of sp³-hybridized carbons (Fsp3) is 0.281. The molecule has 6 rings (SSSR count). The lowest BCUT2D eigenvalue weighted by Gasteiger charge is -2.25. The molecule has 1 aromatic heterocycles. The number of anilines is 1. The molecule has 2 aliphatic rings. The number of benzene rings is 3. The Hall–Kier alpha value is -4.63. The molecule has 0 unspecified atom stereocenters. The number of nitrogens with one attached hydrogen (secondary N) is 1. The Morgan fingerprint density at radius 2 is 1.71 bits per heavy atom. The van der Waals surface area contributed by atoms with E-state index in [9.17, 15) is 9.59 Å². The number of hydrogen-bond acceptors (Lipinski definition) is 6. The van der Waals surface area contributed by atoms with Gasteiger partial charge >= 0.3 is 0 Å². The molecular weight excluding hydrogens is 520 g/mol. The first-order chi connectivity index (χ1) is 19.9. The zero-order valence-electron chi connectivity index (χ0n) is 23.1. The highest BCUT2D eigenvalue weighted by molar-refractivity contribution is 5.99. The zero-order valence-corrected chi connectivity index (χ0v) is 23.1. The Morgan fingerprint density at radius 1 is 0.976 bits per heavy atom. The highest BCUT2D eigenvalue weighted by atomic mass is 16.7. The lowest BCUT2D eigenvalue weighted by Crippen LogP contribution is -2.42. The Labute approximate surface area is 238 Å². The number of carbonyl (C=O) groups is 2. The lowest BCUT2D eigenvalue weighted by atomic mass is 10.1. The van der Waals surface area contributed by atoms with Crippen LogP contribution in [0, 0.1) is 13.8 Å². The maximum Gasteiger partial charge on any atom is 0.254 e. The molecule has 1 fully saturated rings. The number of fused-ring (bicyclic) bond motifs is 1. The van der Waals surface area contributed by atoms with Gasteiger partial charge in [0.05, 0.1) is 11.8 Å². The number of aromatic nitrogens is 2. The third-order valence-electron chi connectivity index (χ3n) is 7.31. The Morgan fingerprint density at radius 3 is 2.44 bits per heavy atom. The van der Waals surface area contributed by atoms with E-state index >= 15 is 0 Å². The molecule has 0 saturated carbocycles. The fourth-order valence-corrected chi connectivity index (χ4v) is 5.04. The van der Waals surface area contributed by atoms with E-state index in [1.165, 1.54) is 4.90 Å². The summed E-state index contributed by atoms with van der Waals surface area (Å²) in [7, 11) is 0. The number of nitrogens with zero attached hydrogens (tertiary/aromatic N) is 3. The second kappa shape index (κ2) is 11.5. The van der Waals surface area contributed by atoms with Crippen molar-refractivity contribution in [3.8, 4) is 28.4 Å². The van der Waals surface area contributed by atoms with Crippen LogP contribution < -0.4 is 14.8 Å². The molecule has 3 aromatic carbocycles. The van der Waals surface area contributed by atoms with Crippen molar-refractivity contribution in [2.45, 2.75) is 32.8 Å². The van der Waals surface area contributed by atoms with Gasteiger partial charge in [-0.2, -0.15) is 0 Å². The minimum absolute atomic E-state index is 0.118. The molecule has 1 saturated heterocycles. The summed E-state index contributed by atoms with van der Waals surface area (Å²) < 4.78 is 18.5. The van der Waals surface area contributed by atoms with E-state index in [1.54, 1.807) is 18.2 Å². The predicted octanol–water partition coefficient (Wildman–Crippen LogP) is 5.14. The van der Waals surface area contributed by atoms with Crippen LogP contribution >= 0.6 is 0 Å². The molecule has 4 aromatic rings. The third kappa shape index (κ3) is 5.95. The minimum atomic E-state index is -0.355. The summed E-state index contributed by atoms with van der Waals surface area (Å²) in [6.45, 7) is 4.98. The number of amides is 2. The summed E-state index contributed by atoms with van der Waals surface area (Å²) >= 11 is 0. The first-order valence-electron chi connectivity index (χ1n) is 13.8. The Bertz CT molecular complexity index is 1560. The molecular formula is C32H32N4O5. The summed E-state index contributed by atoms with van der Waals surface area (Å²) in [6.07, 6.45) is 3.55. The number of hydrogen-bond donors (Lipinski definition) is 1. The van der Waals surface area contributed by atoms with Gasteiger partial charge in [-0.1, -0.05) is 47.5 Å². The van der Waals surface area contributed by atoms with Crippen molar-refractivity contribution in [1.29, 1.82) is 0 Å². The van der Waals surface area contributed by atoms with Gasteiger partial charge in [0.15, 0.2) is 11.5 Å². The molecule has 3 heterocycles.